The van der Waals surface area contributed by atoms with Crippen molar-refractivity contribution in [3.8, 4) is 11.5 Å². The number of carboxylic acids is 1. The van der Waals surface area contributed by atoms with Gasteiger partial charge in [0, 0.05) is 13.1 Å². The fraction of sp³-hybridized carbons (Fsp3) is 0.385. The predicted molar refractivity (Wildman–Crippen MR) is 69.8 cm³/mol. The number of carbonyl (C=O) groups excluding carboxylic acids is 1. The van der Waals surface area contributed by atoms with Crippen molar-refractivity contribution in [2.75, 3.05) is 26.2 Å². The fourth-order valence-corrected chi connectivity index (χ4v) is 1.58. The van der Waals surface area contributed by atoms with Crippen molar-refractivity contribution in [2.45, 2.75) is 6.92 Å². The summed E-state index contributed by atoms with van der Waals surface area (Å²) in [7, 11) is 4.50. The Morgan fingerprint density at radius 2 is 1.89 bits per heavy atom. The van der Waals surface area contributed by atoms with Gasteiger partial charge in [-0.1, -0.05) is 0 Å². The zero-order valence-corrected chi connectivity index (χ0v) is 11.3. The van der Waals surface area contributed by atoms with E-state index < -0.39 is 17.8 Å². The summed E-state index contributed by atoms with van der Waals surface area (Å²) in [6, 6.07) is 4.95. The molecule has 0 bridgehead atoms. The molecule has 0 radical (unpaired) electrons. The van der Waals surface area contributed by atoms with Crippen LogP contribution >= 0.6 is 0 Å². The Balaban J connectivity index is 3.08. The third-order valence-corrected chi connectivity index (χ3v) is 2.82. The third kappa shape index (κ3) is 3.15. The molecule has 1 unspecified atom stereocenters. The average Bonchev–Trinajstić information content (AvgIpc) is 2.43. The van der Waals surface area contributed by atoms with Crippen molar-refractivity contribution >= 4 is 17.6 Å². The molecule has 0 aliphatic rings. The van der Waals surface area contributed by atoms with Crippen LogP contribution in [0, 0.1) is 5.92 Å². The Morgan fingerprint density at radius 3 is 2.37 bits per heavy atom. The van der Waals surface area contributed by atoms with E-state index in [2.05, 4.69) is 0 Å². The molecule has 1 atom stereocenters. The lowest BCUT2D eigenvalue weighted by molar-refractivity contribution is -0.145. The molecule has 0 aliphatic heterocycles. The number of aliphatic carboxylic acids is 1. The fourth-order valence-electron chi connectivity index (χ4n) is 1.58. The number of amides is 1. The standard InChI is InChI=1S/C13H17NO5/c1-8(13(16)17)12(15)14(2)10-6-5-9(18-3)7-11(10)19-4/h5-8H,1-4H3,(H,16,17). The van der Waals surface area contributed by atoms with Crippen LogP contribution in [0.3, 0.4) is 0 Å². The van der Waals surface area contributed by atoms with E-state index in [0.29, 0.717) is 17.2 Å². The molecular weight excluding hydrogens is 250 g/mol. The number of hydrogen-bond acceptors (Lipinski definition) is 4. The van der Waals surface area contributed by atoms with Gasteiger partial charge in [-0.2, -0.15) is 0 Å². The lowest BCUT2D eigenvalue weighted by atomic mass is 10.1. The molecule has 1 aromatic carbocycles. The molecule has 0 heterocycles. The molecule has 1 rings (SSSR count). The average molecular weight is 267 g/mol. The maximum atomic E-state index is 12.0. The van der Waals surface area contributed by atoms with Crippen LogP contribution < -0.4 is 14.4 Å². The molecule has 0 saturated heterocycles. The summed E-state index contributed by atoms with van der Waals surface area (Å²) in [6.45, 7) is 1.34. The number of anilines is 1. The number of methoxy groups -OCH3 is 2. The van der Waals surface area contributed by atoms with Crippen LogP contribution in [0.4, 0.5) is 5.69 Å². The second-order valence-corrected chi connectivity index (χ2v) is 3.99. The van der Waals surface area contributed by atoms with E-state index in [1.54, 1.807) is 18.2 Å². The van der Waals surface area contributed by atoms with E-state index in [-0.39, 0.29) is 0 Å². The molecular formula is C13H17NO5. The van der Waals surface area contributed by atoms with Gasteiger partial charge < -0.3 is 19.5 Å². The molecule has 6 heteroatoms. The summed E-state index contributed by atoms with van der Waals surface area (Å²) in [4.78, 5) is 24.1. The molecule has 6 nitrogen and oxygen atoms in total. The minimum absolute atomic E-state index is 0.438. The first-order valence-corrected chi connectivity index (χ1v) is 5.64. The highest BCUT2D eigenvalue weighted by Gasteiger charge is 2.26. The summed E-state index contributed by atoms with van der Waals surface area (Å²) in [5, 5.41) is 8.86. The molecule has 0 spiro atoms. The molecule has 104 valence electrons. The first kappa shape index (κ1) is 14.8. The lowest BCUT2D eigenvalue weighted by Crippen LogP contribution is -2.35. The molecule has 1 N–H and O–H groups in total. The number of nitrogens with zero attached hydrogens (tertiary/aromatic N) is 1. The topological polar surface area (TPSA) is 76.1 Å². The summed E-state index contributed by atoms with van der Waals surface area (Å²) >= 11 is 0. The van der Waals surface area contributed by atoms with E-state index in [9.17, 15) is 9.59 Å². The van der Waals surface area contributed by atoms with Crippen LogP contribution in [-0.4, -0.2) is 38.3 Å². The largest absolute Gasteiger partial charge is 0.497 e. The van der Waals surface area contributed by atoms with Crippen LogP contribution in [0.1, 0.15) is 6.92 Å². The SMILES string of the molecule is COc1ccc(N(C)C(=O)C(C)C(=O)O)c(OC)c1. The van der Waals surface area contributed by atoms with Crippen molar-refractivity contribution in [2.24, 2.45) is 5.92 Å². The third-order valence-electron chi connectivity index (χ3n) is 2.82. The highest BCUT2D eigenvalue weighted by Crippen LogP contribution is 2.32. The van der Waals surface area contributed by atoms with E-state index in [1.165, 1.54) is 33.1 Å². The van der Waals surface area contributed by atoms with Crippen molar-refractivity contribution in [1.29, 1.82) is 0 Å². The van der Waals surface area contributed by atoms with Crippen molar-refractivity contribution in [1.82, 2.24) is 0 Å². The van der Waals surface area contributed by atoms with Gasteiger partial charge in [-0.3, -0.25) is 9.59 Å². The van der Waals surface area contributed by atoms with E-state index in [1.807, 2.05) is 0 Å². The minimum atomic E-state index is -1.16. The van der Waals surface area contributed by atoms with Gasteiger partial charge in [0.15, 0.2) is 0 Å². The Kier molecular flexibility index (Phi) is 4.74. The van der Waals surface area contributed by atoms with Gasteiger partial charge in [-0.25, -0.2) is 0 Å². The van der Waals surface area contributed by atoms with Gasteiger partial charge in [0.2, 0.25) is 5.91 Å². The van der Waals surface area contributed by atoms with Crippen LogP contribution in [0.2, 0.25) is 0 Å². The smallest absolute Gasteiger partial charge is 0.315 e. The Hall–Kier alpha value is -2.24. The molecule has 0 fully saturated rings. The van der Waals surface area contributed by atoms with Crippen LogP contribution in [0.15, 0.2) is 18.2 Å². The number of rotatable bonds is 5. The first-order chi connectivity index (χ1) is 8.92. The van der Waals surface area contributed by atoms with Gasteiger partial charge in [0.25, 0.3) is 0 Å². The number of hydrogen-bond donors (Lipinski definition) is 1. The molecule has 0 saturated carbocycles. The van der Waals surface area contributed by atoms with Gasteiger partial charge in [-0.15, -0.1) is 0 Å². The molecule has 19 heavy (non-hydrogen) atoms. The Labute approximate surface area is 111 Å². The predicted octanol–water partition coefficient (Wildman–Crippen LogP) is 1.39. The van der Waals surface area contributed by atoms with E-state index >= 15 is 0 Å². The van der Waals surface area contributed by atoms with Crippen LogP contribution in [0.25, 0.3) is 0 Å². The first-order valence-electron chi connectivity index (χ1n) is 5.64. The molecule has 1 amide bonds. The number of benzene rings is 1. The monoisotopic (exact) mass is 267 g/mol. The van der Waals surface area contributed by atoms with Gasteiger partial charge in [-0.05, 0) is 19.1 Å². The normalized spacial score (nSPS) is 11.6. The molecule has 0 aromatic heterocycles. The highest BCUT2D eigenvalue weighted by molar-refractivity contribution is 6.05. The lowest BCUT2D eigenvalue weighted by Gasteiger charge is -2.22. The van der Waals surface area contributed by atoms with E-state index in [0.717, 1.165) is 0 Å². The summed E-state index contributed by atoms with van der Waals surface area (Å²) in [5.74, 6) is -1.77. The zero-order valence-electron chi connectivity index (χ0n) is 11.3. The Bertz CT molecular complexity index is 486. The second-order valence-electron chi connectivity index (χ2n) is 3.99. The summed E-state index contributed by atoms with van der Waals surface area (Å²) in [5.41, 5.74) is 0.487. The van der Waals surface area contributed by atoms with Crippen molar-refractivity contribution in [3.05, 3.63) is 18.2 Å². The van der Waals surface area contributed by atoms with E-state index in [4.69, 9.17) is 14.6 Å². The number of ether oxygens (including phenoxy) is 2. The molecule has 1 aromatic rings. The minimum Gasteiger partial charge on any atom is -0.497 e. The zero-order chi connectivity index (χ0) is 14.6. The second kappa shape index (κ2) is 6.08. The number of carbonyl (C=O) groups is 2. The van der Waals surface area contributed by atoms with Crippen LogP contribution in [-0.2, 0) is 9.59 Å². The maximum Gasteiger partial charge on any atom is 0.315 e. The van der Waals surface area contributed by atoms with Gasteiger partial charge in [0.1, 0.15) is 17.4 Å². The highest BCUT2D eigenvalue weighted by atomic mass is 16.5. The van der Waals surface area contributed by atoms with Gasteiger partial charge >= 0.3 is 5.97 Å². The quantitative estimate of drug-likeness (QED) is 0.816. The number of carboxylic acid groups (broad SMARTS) is 1. The Morgan fingerprint density at radius 1 is 1.26 bits per heavy atom. The summed E-state index contributed by atoms with van der Waals surface area (Å²) in [6.07, 6.45) is 0. The van der Waals surface area contributed by atoms with Gasteiger partial charge in [0.05, 0.1) is 19.9 Å². The van der Waals surface area contributed by atoms with Crippen molar-refractivity contribution in [3.63, 3.8) is 0 Å². The maximum absolute atomic E-state index is 12.0. The van der Waals surface area contributed by atoms with Crippen molar-refractivity contribution < 1.29 is 24.2 Å². The summed E-state index contributed by atoms with van der Waals surface area (Å²) < 4.78 is 10.2. The van der Waals surface area contributed by atoms with Crippen LogP contribution in [0.5, 0.6) is 11.5 Å². The molecule has 0 aliphatic carbocycles.